The fraction of sp³-hybridized carbons (Fsp3) is 0.348. The minimum absolute atomic E-state index is 0.0513. The molecule has 1 fully saturated rings. The van der Waals surface area contributed by atoms with E-state index in [1.165, 1.54) is 49.6 Å². The molecule has 4 nitrogen and oxygen atoms in total. The van der Waals surface area contributed by atoms with Crippen LogP contribution >= 0.6 is 11.8 Å². The smallest absolute Gasteiger partial charge is 0.230 e. The van der Waals surface area contributed by atoms with Crippen LogP contribution in [0.2, 0.25) is 0 Å². The Bertz CT molecular complexity index is 985. The second-order valence-electron chi connectivity index (χ2n) is 7.45. The molecule has 29 heavy (non-hydrogen) atoms. The third-order valence-electron chi connectivity index (χ3n) is 5.33. The predicted molar refractivity (Wildman–Crippen MR) is 115 cm³/mol. The van der Waals surface area contributed by atoms with Gasteiger partial charge < -0.3 is 5.32 Å². The largest absolute Gasteiger partial charge is 0.353 e. The molecule has 0 radical (unpaired) electrons. The Hall–Kier alpha value is -2.47. The number of hydrogen-bond acceptors (Lipinski definition) is 4. The molecule has 4 rings (SSSR count). The summed E-state index contributed by atoms with van der Waals surface area (Å²) >= 11 is 1.41. The summed E-state index contributed by atoms with van der Waals surface area (Å²) in [4.78, 5) is 12.4. The van der Waals surface area contributed by atoms with Gasteiger partial charge in [-0.05, 0) is 37.1 Å². The second-order valence-corrected chi connectivity index (χ2v) is 8.41. The van der Waals surface area contributed by atoms with Crippen molar-refractivity contribution in [3.63, 3.8) is 0 Å². The monoisotopic (exact) mass is 409 g/mol. The predicted octanol–water partition coefficient (Wildman–Crippen LogP) is 5.37. The SMILES string of the molecule is O=C(CSc1nnc(-c2ccc(F)cc2)c2ccccc12)NC1CCCCCC1. The third kappa shape index (κ3) is 4.93. The van der Waals surface area contributed by atoms with E-state index in [0.29, 0.717) is 17.5 Å². The number of carbonyl (C=O) groups is 1. The first-order valence-electron chi connectivity index (χ1n) is 10.1. The van der Waals surface area contributed by atoms with Crippen molar-refractivity contribution in [3.8, 4) is 11.3 Å². The van der Waals surface area contributed by atoms with Crippen molar-refractivity contribution in [2.24, 2.45) is 0 Å². The first-order chi connectivity index (χ1) is 14.2. The van der Waals surface area contributed by atoms with Gasteiger partial charge >= 0.3 is 0 Å². The van der Waals surface area contributed by atoms with E-state index in [0.717, 1.165) is 34.2 Å². The zero-order valence-electron chi connectivity index (χ0n) is 16.2. The molecule has 1 amide bonds. The van der Waals surface area contributed by atoms with Gasteiger partial charge in [0.1, 0.15) is 16.5 Å². The summed E-state index contributed by atoms with van der Waals surface area (Å²) in [5.41, 5.74) is 1.53. The summed E-state index contributed by atoms with van der Waals surface area (Å²) in [6.07, 6.45) is 7.07. The number of carbonyl (C=O) groups excluding carboxylic acids is 1. The van der Waals surface area contributed by atoms with Crippen molar-refractivity contribution in [2.45, 2.75) is 49.6 Å². The van der Waals surface area contributed by atoms with Crippen LogP contribution in [0.25, 0.3) is 22.0 Å². The van der Waals surface area contributed by atoms with Gasteiger partial charge in [0, 0.05) is 22.4 Å². The molecule has 150 valence electrons. The highest BCUT2D eigenvalue weighted by Crippen LogP contribution is 2.31. The Kier molecular flexibility index (Phi) is 6.39. The Morgan fingerprint density at radius 1 is 0.966 bits per heavy atom. The van der Waals surface area contributed by atoms with Gasteiger partial charge in [0.2, 0.25) is 5.91 Å². The fourth-order valence-electron chi connectivity index (χ4n) is 3.83. The highest BCUT2D eigenvalue weighted by molar-refractivity contribution is 8.00. The quantitative estimate of drug-likeness (QED) is 0.455. The molecule has 0 bridgehead atoms. The number of thioether (sulfide) groups is 1. The lowest BCUT2D eigenvalue weighted by molar-refractivity contribution is -0.119. The van der Waals surface area contributed by atoms with Crippen LogP contribution in [-0.4, -0.2) is 27.9 Å². The lowest BCUT2D eigenvalue weighted by atomic mass is 10.1. The van der Waals surface area contributed by atoms with Crippen LogP contribution in [0.5, 0.6) is 0 Å². The van der Waals surface area contributed by atoms with Crippen LogP contribution in [-0.2, 0) is 4.79 Å². The number of nitrogens with one attached hydrogen (secondary N) is 1. The van der Waals surface area contributed by atoms with Crippen LogP contribution in [0.3, 0.4) is 0 Å². The third-order valence-corrected chi connectivity index (χ3v) is 6.31. The lowest BCUT2D eigenvalue weighted by Crippen LogP contribution is -2.35. The molecule has 0 spiro atoms. The van der Waals surface area contributed by atoms with Gasteiger partial charge in [-0.25, -0.2) is 4.39 Å². The minimum Gasteiger partial charge on any atom is -0.353 e. The molecule has 3 aromatic rings. The van der Waals surface area contributed by atoms with Crippen molar-refractivity contribution in [1.82, 2.24) is 15.5 Å². The number of fused-ring (bicyclic) bond motifs is 1. The molecule has 6 heteroatoms. The summed E-state index contributed by atoms with van der Waals surface area (Å²) in [5, 5.41) is 14.6. The van der Waals surface area contributed by atoms with Crippen LogP contribution in [0, 0.1) is 5.82 Å². The number of halogens is 1. The van der Waals surface area contributed by atoms with E-state index in [1.807, 2.05) is 24.3 Å². The number of hydrogen-bond donors (Lipinski definition) is 1. The number of benzene rings is 2. The molecule has 1 saturated carbocycles. The van der Waals surface area contributed by atoms with E-state index < -0.39 is 0 Å². The zero-order valence-corrected chi connectivity index (χ0v) is 17.1. The highest BCUT2D eigenvalue weighted by Gasteiger charge is 2.16. The number of amides is 1. The van der Waals surface area contributed by atoms with Crippen molar-refractivity contribution in [2.75, 3.05) is 5.75 Å². The van der Waals surface area contributed by atoms with Crippen molar-refractivity contribution < 1.29 is 9.18 Å². The molecule has 1 aliphatic rings. The average Bonchev–Trinajstić information content (AvgIpc) is 3.01. The molecule has 0 unspecified atom stereocenters. The van der Waals surface area contributed by atoms with E-state index >= 15 is 0 Å². The molecule has 1 heterocycles. The average molecular weight is 410 g/mol. The van der Waals surface area contributed by atoms with Crippen LogP contribution in [0.1, 0.15) is 38.5 Å². The Morgan fingerprint density at radius 3 is 2.38 bits per heavy atom. The van der Waals surface area contributed by atoms with Gasteiger partial charge in [0.25, 0.3) is 0 Å². The molecule has 2 aromatic carbocycles. The zero-order chi connectivity index (χ0) is 20.1. The van der Waals surface area contributed by atoms with E-state index in [2.05, 4.69) is 15.5 Å². The van der Waals surface area contributed by atoms with Crippen LogP contribution in [0.4, 0.5) is 4.39 Å². The van der Waals surface area contributed by atoms with E-state index in [9.17, 15) is 9.18 Å². The molecule has 0 saturated heterocycles. The molecule has 1 aromatic heterocycles. The van der Waals surface area contributed by atoms with Gasteiger partial charge in [-0.15, -0.1) is 10.2 Å². The van der Waals surface area contributed by atoms with Crippen molar-refractivity contribution >= 4 is 28.4 Å². The van der Waals surface area contributed by atoms with Crippen molar-refractivity contribution in [1.29, 1.82) is 0 Å². The van der Waals surface area contributed by atoms with E-state index in [4.69, 9.17) is 0 Å². The number of rotatable bonds is 5. The topological polar surface area (TPSA) is 54.9 Å². The Morgan fingerprint density at radius 2 is 1.66 bits per heavy atom. The normalized spacial score (nSPS) is 15.2. The first-order valence-corrected chi connectivity index (χ1v) is 11.1. The second kappa shape index (κ2) is 9.35. The van der Waals surface area contributed by atoms with Crippen LogP contribution in [0.15, 0.2) is 53.6 Å². The minimum atomic E-state index is -0.280. The Balaban J connectivity index is 1.50. The summed E-state index contributed by atoms with van der Waals surface area (Å²) < 4.78 is 13.3. The van der Waals surface area contributed by atoms with Gasteiger partial charge in [-0.2, -0.15) is 0 Å². The Labute approximate surface area is 174 Å². The van der Waals surface area contributed by atoms with Gasteiger partial charge in [0.05, 0.1) is 5.75 Å². The molecule has 1 N–H and O–H groups in total. The summed E-state index contributed by atoms with van der Waals surface area (Å²) in [6.45, 7) is 0. The first kappa shape index (κ1) is 19.8. The van der Waals surface area contributed by atoms with E-state index in [1.54, 1.807) is 12.1 Å². The van der Waals surface area contributed by atoms with Gasteiger partial charge in [-0.1, -0.05) is 61.7 Å². The maximum atomic E-state index is 13.3. The fourth-order valence-corrected chi connectivity index (χ4v) is 4.62. The molecular formula is C23H24FN3OS. The van der Waals surface area contributed by atoms with E-state index in [-0.39, 0.29) is 11.7 Å². The standard InChI is InChI=1S/C23H24FN3OS/c24-17-13-11-16(12-14-17)22-19-9-5-6-10-20(19)23(27-26-22)29-15-21(28)25-18-7-3-1-2-4-8-18/h5-6,9-14,18H,1-4,7-8,15H2,(H,25,28). The molecule has 0 aliphatic heterocycles. The molecular weight excluding hydrogens is 385 g/mol. The maximum absolute atomic E-state index is 13.3. The lowest BCUT2D eigenvalue weighted by Gasteiger charge is -2.16. The number of aromatic nitrogens is 2. The van der Waals surface area contributed by atoms with Crippen molar-refractivity contribution in [3.05, 3.63) is 54.3 Å². The molecule has 1 aliphatic carbocycles. The summed E-state index contributed by atoms with van der Waals surface area (Å²) in [7, 11) is 0. The summed E-state index contributed by atoms with van der Waals surface area (Å²) in [6, 6.07) is 14.4. The summed E-state index contributed by atoms with van der Waals surface area (Å²) in [5.74, 6) is 0.0960. The van der Waals surface area contributed by atoms with Crippen LogP contribution < -0.4 is 5.32 Å². The molecule has 0 atom stereocenters. The number of nitrogens with zero attached hydrogens (tertiary/aromatic N) is 2. The van der Waals surface area contributed by atoms with Gasteiger partial charge in [0.15, 0.2) is 0 Å². The maximum Gasteiger partial charge on any atom is 0.230 e. The van der Waals surface area contributed by atoms with Gasteiger partial charge in [-0.3, -0.25) is 4.79 Å². The highest BCUT2D eigenvalue weighted by atomic mass is 32.2.